The Balaban J connectivity index is 1.48. The molecule has 0 saturated heterocycles. The topological polar surface area (TPSA) is 76.5 Å². The zero-order valence-corrected chi connectivity index (χ0v) is 24.3. The molecule has 45 heavy (non-hydrogen) atoms. The normalized spacial score (nSPS) is 11.8. The molecule has 0 saturated carbocycles. The van der Waals surface area contributed by atoms with E-state index in [0.29, 0.717) is 34.4 Å². The third-order valence-corrected chi connectivity index (χ3v) is 7.30. The highest BCUT2D eigenvalue weighted by atomic mass is 19.4. The molecule has 1 heterocycles. The van der Waals surface area contributed by atoms with Gasteiger partial charge in [-0.25, -0.2) is 0 Å². The van der Waals surface area contributed by atoms with Gasteiger partial charge >= 0.3 is 12.1 Å². The zero-order valence-electron chi connectivity index (χ0n) is 24.3. The second-order valence-corrected chi connectivity index (χ2v) is 10.3. The van der Waals surface area contributed by atoms with Crippen LogP contribution in [0.5, 0.6) is 5.75 Å². The minimum absolute atomic E-state index is 0.155. The van der Waals surface area contributed by atoms with Gasteiger partial charge in [0.25, 0.3) is 0 Å². The van der Waals surface area contributed by atoms with Gasteiger partial charge in [-0.2, -0.15) is 13.2 Å². The van der Waals surface area contributed by atoms with Gasteiger partial charge in [-0.15, -0.1) is 11.8 Å². The third kappa shape index (κ3) is 7.05. The number of para-hydroxylation sites is 1. The average molecular weight is 608 g/mol. The van der Waals surface area contributed by atoms with Crippen LogP contribution < -0.4 is 4.74 Å². The van der Waals surface area contributed by atoms with Gasteiger partial charge in [-0.3, -0.25) is 14.6 Å². The summed E-state index contributed by atoms with van der Waals surface area (Å²) in [4.78, 5) is 29.5. The van der Waals surface area contributed by atoms with Crippen molar-refractivity contribution in [2.75, 3.05) is 0 Å². The maximum atomic E-state index is 13.9. The van der Waals surface area contributed by atoms with Crippen LogP contribution >= 0.6 is 0 Å². The molecule has 0 aliphatic rings. The van der Waals surface area contributed by atoms with Gasteiger partial charge in [0, 0.05) is 41.1 Å². The molecule has 0 spiro atoms. The predicted octanol–water partition coefficient (Wildman–Crippen LogP) is 8.70. The van der Waals surface area contributed by atoms with Crippen LogP contribution in [-0.2, 0) is 17.6 Å². The Morgan fingerprint density at radius 3 is 2.33 bits per heavy atom. The quantitative estimate of drug-likeness (QED) is 0.134. The summed E-state index contributed by atoms with van der Waals surface area (Å²) < 4.78 is 47.8. The number of carboxylic acid groups (broad SMARTS) is 1. The van der Waals surface area contributed by atoms with E-state index in [0.717, 1.165) is 11.6 Å². The lowest BCUT2D eigenvalue weighted by Gasteiger charge is -2.16. The lowest BCUT2D eigenvalue weighted by molar-refractivity contribution is -0.139. The van der Waals surface area contributed by atoms with Crippen LogP contribution in [0, 0.1) is 11.8 Å². The van der Waals surface area contributed by atoms with E-state index in [9.17, 15) is 27.9 Å². The lowest BCUT2D eigenvalue weighted by Crippen LogP contribution is -2.11. The van der Waals surface area contributed by atoms with Crippen molar-refractivity contribution in [3.8, 4) is 28.7 Å². The van der Waals surface area contributed by atoms with E-state index in [1.165, 1.54) is 18.3 Å². The molecule has 1 atom stereocenters. The number of carbonyl (C=O) groups excluding carboxylic acids is 1. The smallest absolute Gasteiger partial charge is 0.418 e. The molecule has 0 bridgehead atoms. The summed E-state index contributed by atoms with van der Waals surface area (Å²) in [6.07, 6.45) is -2.56. The molecule has 1 N–H and O–H groups in total. The van der Waals surface area contributed by atoms with E-state index in [2.05, 4.69) is 16.8 Å². The van der Waals surface area contributed by atoms with Gasteiger partial charge in [0.2, 0.25) is 0 Å². The molecule has 0 aliphatic heterocycles. The Kier molecular flexibility index (Phi) is 9.29. The number of halogens is 3. The Bertz CT molecular complexity index is 1910. The van der Waals surface area contributed by atoms with Crippen molar-refractivity contribution in [2.45, 2.75) is 38.5 Å². The molecule has 5 nitrogen and oxygen atoms in total. The molecule has 4 aromatic carbocycles. The van der Waals surface area contributed by atoms with Gasteiger partial charge < -0.3 is 9.84 Å². The number of carbonyl (C=O) groups is 2. The largest absolute Gasteiger partial charge is 0.489 e. The first-order valence-corrected chi connectivity index (χ1v) is 14.3. The number of hydrogen-bond donors (Lipinski definition) is 1. The molecule has 0 radical (unpaired) electrons. The van der Waals surface area contributed by atoms with E-state index in [1.54, 1.807) is 78.9 Å². The summed E-state index contributed by atoms with van der Waals surface area (Å²) in [6, 6.07) is 26.2. The molecule has 0 amide bonds. The molecule has 0 aliphatic carbocycles. The summed E-state index contributed by atoms with van der Waals surface area (Å²) in [7, 11) is 0. The average Bonchev–Trinajstić information content (AvgIpc) is 3.05. The number of fused-ring (bicyclic) bond motifs is 1. The highest BCUT2D eigenvalue weighted by Crippen LogP contribution is 2.39. The number of ketones is 1. The number of nitrogens with zero attached hydrogens (tertiary/aromatic N) is 1. The Labute approximate surface area is 258 Å². The number of benzene rings is 4. The number of alkyl halides is 3. The lowest BCUT2D eigenvalue weighted by atomic mass is 9.91. The Morgan fingerprint density at radius 1 is 0.911 bits per heavy atom. The van der Waals surface area contributed by atoms with E-state index < -0.39 is 23.6 Å². The molecule has 1 aromatic heterocycles. The first kappa shape index (κ1) is 31.0. The SMILES string of the molecule is CCC#CCC(C(=O)O)c1ccc(COc2cccc(-c3c(C(=O)c4ccccc4)cnc4c(C(F)(F)F)cccc34)c2)cc1. The number of aromatic nitrogens is 1. The fourth-order valence-corrected chi connectivity index (χ4v) is 5.08. The number of rotatable bonds is 9. The Hall–Kier alpha value is -5.42. The van der Waals surface area contributed by atoms with Crippen molar-refractivity contribution in [2.24, 2.45) is 0 Å². The summed E-state index contributed by atoms with van der Waals surface area (Å²) in [5.74, 6) is 4.18. The van der Waals surface area contributed by atoms with Crippen LogP contribution in [0.2, 0.25) is 0 Å². The van der Waals surface area contributed by atoms with Crippen LogP contribution in [0.15, 0.2) is 103 Å². The number of aliphatic carboxylic acids is 1. The van der Waals surface area contributed by atoms with Crippen molar-refractivity contribution < 1.29 is 32.6 Å². The van der Waals surface area contributed by atoms with Crippen LogP contribution in [0.25, 0.3) is 22.0 Å². The standard InChI is InChI=1S/C37H28F3NO4/c1-2-3-5-14-29(36(43)44)25-19-17-24(18-20-25)23-45-28-13-8-12-27(21-28)33-30-15-9-16-32(37(38,39)40)34(30)41-22-31(33)35(42)26-10-6-4-7-11-26/h4,6-13,15-22,29H,2,14,23H2,1H3,(H,43,44). The second-order valence-electron chi connectivity index (χ2n) is 10.3. The Morgan fingerprint density at radius 2 is 1.64 bits per heavy atom. The number of pyridine rings is 1. The van der Waals surface area contributed by atoms with Crippen molar-refractivity contribution in [1.29, 1.82) is 0 Å². The summed E-state index contributed by atoms with van der Waals surface area (Å²) in [5, 5.41) is 9.82. The molecular weight excluding hydrogens is 579 g/mol. The van der Waals surface area contributed by atoms with Crippen molar-refractivity contribution in [3.05, 3.63) is 131 Å². The zero-order chi connectivity index (χ0) is 32.0. The van der Waals surface area contributed by atoms with Crippen LogP contribution in [0.3, 0.4) is 0 Å². The molecular formula is C37H28F3NO4. The van der Waals surface area contributed by atoms with Crippen molar-refractivity contribution >= 4 is 22.7 Å². The van der Waals surface area contributed by atoms with Crippen molar-refractivity contribution in [3.63, 3.8) is 0 Å². The van der Waals surface area contributed by atoms with E-state index in [-0.39, 0.29) is 35.3 Å². The van der Waals surface area contributed by atoms with Crippen LogP contribution in [0.1, 0.15) is 58.3 Å². The van der Waals surface area contributed by atoms with E-state index in [4.69, 9.17) is 4.74 Å². The molecule has 1 unspecified atom stereocenters. The molecule has 8 heteroatoms. The van der Waals surface area contributed by atoms with E-state index >= 15 is 0 Å². The minimum Gasteiger partial charge on any atom is -0.489 e. The van der Waals surface area contributed by atoms with Gasteiger partial charge in [0.15, 0.2) is 5.78 Å². The monoisotopic (exact) mass is 607 g/mol. The van der Waals surface area contributed by atoms with Crippen LogP contribution in [0.4, 0.5) is 13.2 Å². The van der Waals surface area contributed by atoms with Gasteiger partial charge in [0.05, 0.1) is 17.0 Å². The molecule has 5 rings (SSSR count). The fraction of sp³-hybridized carbons (Fsp3) is 0.162. The highest BCUT2D eigenvalue weighted by Gasteiger charge is 2.34. The summed E-state index contributed by atoms with van der Waals surface area (Å²) >= 11 is 0. The number of carboxylic acids is 1. The van der Waals surface area contributed by atoms with Crippen LogP contribution in [-0.4, -0.2) is 21.8 Å². The number of hydrogen-bond acceptors (Lipinski definition) is 4. The minimum atomic E-state index is -4.64. The first-order valence-electron chi connectivity index (χ1n) is 14.3. The van der Waals surface area contributed by atoms with Gasteiger partial charge in [-0.05, 0) is 34.9 Å². The summed E-state index contributed by atoms with van der Waals surface area (Å²) in [6.45, 7) is 2.06. The first-order chi connectivity index (χ1) is 21.7. The van der Waals surface area contributed by atoms with E-state index in [1.807, 2.05) is 6.92 Å². The molecule has 0 fully saturated rings. The highest BCUT2D eigenvalue weighted by molar-refractivity contribution is 6.16. The van der Waals surface area contributed by atoms with Gasteiger partial charge in [0.1, 0.15) is 12.4 Å². The van der Waals surface area contributed by atoms with Crippen molar-refractivity contribution in [1.82, 2.24) is 4.98 Å². The third-order valence-electron chi connectivity index (χ3n) is 7.30. The fourth-order valence-electron chi connectivity index (χ4n) is 5.08. The molecule has 5 aromatic rings. The maximum Gasteiger partial charge on any atom is 0.418 e. The summed E-state index contributed by atoms with van der Waals surface area (Å²) in [5.41, 5.74) is 1.64. The maximum absolute atomic E-state index is 13.9. The predicted molar refractivity (Wildman–Crippen MR) is 166 cm³/mol. The number of ether oxygens (including phenoxy) is 1. The second kappa shape index (κ2) is 13.5. The van der Waals surface area contributed by atoms with Gasteiger partial charge in [-0.1, -0.05) is 85.8 Å². The molecule has 226 valence electrons.